The summed E-state index contributed by atoms with van der Waals surface area (Å²) in [7, 11) is 0. The van der Waals surface area contributed by atoms with Crippen LogP contribution in [0.2, 0.25) is 0 Å². The average molecular weight is 412 g/mol. The number of hydrogen-bond acceptors (Lipinski definition) is 4. The van der Waals surface area contributed by atoms with Gasteiger partial charge in [0, 0.05) is 24.7 Å². The zero-order chi connectivity index (χ0) is 21.0. The molecule has 0 aromatic rings. The fourth-order valence-electron chi connectivity index (χ4n) is 5.57. The maximum absolute atomic E-state index is 14.6. The van der Waals surface area contributed by atoms with Crippen LogP contribution >= 0.6 is 0 Å². The van der Waals surface area contributed by atoms with Gasteiger partial charge >= 0.3 is 0 Å². The summed E-state index contributed by atoms with van der Waals surface area (Å²) >= 11 is 0. The third kappa shape index (κ3) is 5.71. The monoisotopic (exact) mass is 411 g/mol. The molecule has 2 heterocycles. The first-order chi connectivity index (χ1) is 13.9. The highest BCUT2D eigenvalue weighted by Crippen LogP contribution is 2.31. The van der Waals surface area contributed by atoms with Crippen LogP contribution in [0.3, 0.4) is 0 Å². The van der Waals surface area contributed by atoms with Crippen LogP contribution in [0.5, 0.6) is 0 Å². The van der Waals surface area contributed by atoms with Gasteiger partial charge in [-0.15, -0.1) is 0 Å². The van der Waals surface area contributed by atoms with E-state index in [9.17, 15) is 9.18 Å². The maximum Gasteiger partial charge on any atom is 0.229 e. The first kappa shape index (κ1) is 23.0. The molecule has 2 saturated heterocycles. The zero-order valence-electron chi connectivity index (χ0n) is 18.9. The van der Waals surface area contributed by atoms with Crippen molar-refractivity contribution in [1.82, 2.24) is 15.3 Å². The van der Waals surface area contributed by atoms with Gasteiger partial charge in [0.2, 0.25) is 5.91 Å². The van der Waals surface area contributed by atoms with Crippen molar-refractivity contribution in [3.05, 3.63) is 0 Å². The fourth-order valence-corrected chi connectivity index (χ4v) is 5.57. The molecule has 1 aliphatic carbocycles. The summed E-state index contributed by atoms with van der Waals surface area (Å²) in [5, 5.41) is 2.38. The van der Waals surface area contributed by atoms with Gasteiger partial charge < -0.3 is 9.64 Å². The molecular formula is C23H42FN3O2. The van der Waals surface area contributed by atoms with Crippen molar-refractivity contribution in [3.8, 4) is 0 Å². The zero-order valence-corrected chi connectivity index (χ0v) is 18.9. The van der Waals surface area contributed by atoms with E-state index in [-0.39, 0.29) is 42.7 Å². The lowest BCUT2D eigenvalue weighted by atomic mass is 9.92. The van der Waals surface area contributed by atoms with Crippen LogP contribution < -0.4 is 5.43 Å². The maximum atomic E-state index is 14.6. The number of nitrogens with one attached hydrogen (secondary N) is 1. The third-order valence-corrected chi connectivity index (χ3v) is 7.09. The number of nitrogens with zero attached hydrogens (tertiary/aromatic N) is 2. The Kier molecular flexibility index (Phi) is 8.34. The Hall–Kier alpha value is -0.720. The molecule has 0 radical (unpaired) electrons. The van der Waals surface area contributed by atoms with Gasteiger partial charge in [-0.05, 0) is 47.0 Å². The van der Waals surface area contributed by atoms with Gasteiger partial charge in [0.15, 0.2) is 0 Å². The van der Waals surface area contributed by atoms with Crippen molar-refractivity contribution >= 4 is 5.91 Å². The van der Waals surface area contributed by atoms with E-state index in [0.717, 1.165) is 0 Å². The van der Waals surface area contributed by atoms with Crippen LogP contribution in [-0.4, -0.2) is 65.4 Å². The second-order valence-corrected chi connectivity index (χ2v) is 9.76. The summed E-state index contributed by atoms with van der Waals surface area (Å²) in [6.07, 6.45) is 9.43. The van der Waals surface area contributed by atoms with Gasteiger partial charge in [0.05, 0.1) is 24.7 Å². The SMILES string of the molecule is CC(C)O[C@H]1CCN(C(=O)C2C(C)NN(C3CCCCCCCC3)C2C)C[C@H]1F. The molecule has 0 bridgehead atoms. The average Bonchev–Trinajstić information content (AvgIpc) is 3.03. The number of likely N-dealkylation sites (tertiary alicyclic amines) is 1. The summed E-state index contributed by atoms with van der Waals surface area (Å²) < 4.78 is 20.3. The number of alkyl halides is 1. The molecule has 5 nitrogen and oxygen atoms in total. The number of piperidine rings is 1. The van der Waals surface area contributed by atoms with Crippen LogP contribution in [0.4, 0.5) is 4.39 Å². The lowest BCUT2D eigenvalue weighted by Crippen LogP contribution is -2.52. The normalized spacial score (nSPS) is 36.1. The molecule has 1 saturated carbocycles. The van der Waals surface area contributed by atoms with Crippen molar-refractivity contribution in [2.75, 3.05) is 13.1 Å². The van der Waals surface area contributed by atoms with E-state index >= 15 is 0 Å². The van der Waals surface area contributed by atoms with Gasteiger partial charge in [0.1, 0.15) is 6.17 Å². The lowest BCUT2D eigenvalue weighted by Gasteiger charge is -2.38. The van der Waals surface area contributed by atoms with E-state index in [1.54, 1.807) is 4.90 Å². The molecular weight excluding hydrogens is 369 g/mol. The summed E-state index contributed by atoms with van der Waals surface area (Å²) in [5.74, 6) is -0.00823. The number of rotatable bonds is 4. The standard InChI is InChI=1S/C23H42FN3O2/c1-16(2)29-21-13-14-26(15-20(21)24)23(28)22-17(3)25-27(18(22)4)19-11-9-7-5-6-8-10-12-19/h16-22,25H,5-15H2,1-4H3/t17?,18?,20-,21+,22?/m1/s1. The quantitative estimate of drug-likeness (QED) is 0.758. The minimum atomic E-state index is -1.10. The van der Waals surface area contributed by atoms with Gasteiger partial charge in [0.25, 0.3) is 0 Å². The van der Waals surface area contributed by atoms with Gasteiger partial charge in [-0.1, -0.05) is 38.5 Å². The highest BCUT2D eigenvalue weighted by atomic mass is 19.1. The summed E-state index contributed by atoms with van der Waals surface area (Å²) in [5.41, 5.74) is 3.63. The number of amides is 1. The molecule has 168 valence electrons. The van der Waals surface area contributed by atoms with Crippen LogP contribution in [0.15, 0.2) is 0 Å². The number of ether oxygens (including phenoxy) is 1. The topological polar surface area (TPSA) is 44.8 Å². The molecule has 2 aliphatic heterocycles. The Morgan fingerprint density at radius 2 is 1.66 bits per heavy atom. The number of hydrogen-bond donors (Lipinski definition) is 1. The fraction of sp³-hybridized carbons (Fsp3) is 0.957. The van der Waals surface area contributed by atoms with Crippen LogP contribution in [0.1, 0.15) is 85.5 Å². The molecule has 5 atom stereocenters. The van der Waals surface area contributed by atoms with Gasteiger partial charge in [-0.3, -0.25) is 10.2 Å². The highest BCUT2D eigenvalue weighted by Gasteiger charge is 2.46. The Bertz CT molecular complexity index is 522. The first-order valence-electron chi connectivity index (χ1n) is 12.0. The van der Waals surface area contributed by atoms with E-state index in [4.69, 9.17) is 4.74 Å². The molecule has 3 fully saturated rings. The molecule has 3 unspecified atom stereocenters. The molecule has 0 aromatic carbocycles. The summed E-state index contributed by atoms with van der Waals surface area (Å²) in [6, 6.07) is 0.737. The van der Waals surface area contributed by atoms with Crippen molar-refractivity contribution in [1.29, 1.82) is 0 Å². The number of carbonyl (C=O) groups excluding carboxylic acids is 1. The minimum absolute atomic E-state index is 0.0149. The summed E-state index contributed by atoms with van der Waals surface area (Å²) in [4.78, 5) is 15.1. The molecule has 3 rings (SSSR count). The molecule has 0 spiro atoms. The van der Waals surface area contributed by atoms with Crippen molar-refractivity contribution in [2.24, 2.45) is 5.92 Å². The highest BCUT2D eigenvalue weighted by molar-refractivity contribution is 5.80. The van der Waals surface area contributed by atoms with Crippen LogP contribution in [0.25, 0.3) is 0 Å². The predicted octanol–water partition coefficient (Wildman–Crippen LogP) is 4.07. The Balaban J connectivity index is 1.60. The summed E-state index contributed by atoms with van der Waals surface area (Å²) in [6.45, 7) is 8.91. The smallest absolute Gasteiger partial charge is 0.229 e. The number of hydrazine groups is 1. The van der Waals surface area contributed by atoms with Crippen LogP contribution in [-0.2, 0) is 9.53 Å². The van der Waals surface area contributed by atoms with Crippen LogP contribution in [0, 0.1) is 5.92 Å². The van der Waals surface area contributed by atoms with E-state index < -0.39 is 6.17 Å². The van der Waals surface area contributed by atoms with Gasteiger partial charge in [-0.25, -0.2) is 9.40 Å². The largest absolute Gasteiger partial charge is 0.372 e. The number of halogens is 1. The number of carbonyl (C=O) groups is 1. The van der Waals surface area contributed by atoms with E-state index in [1.807, 2.05) is 13.8 Å². The molecule has 29 heavy (non-hydrogen) atoms. The first-order valence-corrected chi connectivity index (χ1v) is 12.0. The molecule has 0 aromatic heterocycles. The molecule has 6 heteroatoms. The van der Waals surface area contributed by atoms with E-state index in [2.05, 4.69) is 24.3 Å². The predicted molar refractivity (Wildman–Crippen MR) is 114 cm³/mol. The molecule has 1 amide bonds. The Morgan fingerprint density at radius 3 is 2.24 bits per heavy atom. The lowest BCUT2D eigenvalue weighted by molar-refractivity contribution is -0.143. The molecule has 1 N–H and O–H groups in total. The van der Waals surface area contributed by atoms with Crippen molar-refractivity contribution < 1.29 is 13.9 Å². The van der Waals surface area contributed by atoms with E-state index in [0.29, 0.717) is 19.0 Å². The van der Waals surface area contributed by atoms with Crippen molar-refractivity contribution in [3.63, 3.8) is 0 Å². The second-order valence-electron chi connectivity index (χ2n) is 9.76. The molecule has 3 aliphatic rings. The second kappa shape index (κ2) is 10.5. The van der Waals surface area contributed by atoms with Gasteiger partial charge in [-0.2, -0.15) is 0 Å². The minimum Gasteiger partial charge on any atom is -0.372 e. The van der Waals surface area contributed by atoms with E-state index in [1.165, 1.54) is 51.4 Å². The third-order valence-electron chi connectivity index (χ3n) is 7.09. The Morgan fingerprint density at radius 1 is 1.03 bits per heavy atom. The Labute approximate surface area is 176 Å². The van der Waals surface area contributed by atoms with Crippen molar-refractivity contribution in [2.45, 2.75) is 122 Å².